The molecule has 106 valence electrons. The highest BCUT2D eigenvalue weighted by atomic mass is 79.9. The predicted octanol–water partition coefficient (Wildman–Crippen LogP) is 2.75. The van der Waals surface area contributed by atoms with E-state index < -0.39 is 0 Å². The summed E-state index contributed by atoms with van der Waals surface area (Å²) in [6.45, 7) is 0. The number of rotatable bonds is 3. The summed E-state index contributed by atoms with van der Waals surface area (Å²) < 4.78 is 7.52. The fourth-order valence-electron chi connectivity index (χ4n) is 1.93. The average Bonchev–Trinajstić information content (AvgIpc) is 2.93. The van der Waals surface area contributed by atoms with Gasteiger partial charge in [-0.2, -0.15) is 5.10 Å². The van der Waals surface area contributed by atoms with Gasteiger partial charge in [-0.25, -0.2) is 4.52 Å². The molecule has 0 aliphatic heterocycles. The molecule has 0 saturated carbocycles. The Morgan fingerprint density at radius 2 is 2.24 bits per heavy atom. The summed E-state index contributed by atoms with van der Waals surface area (Å²) in [4.78, 5) is 16.4. The van der Waals surface area contributed by atoms with Crippen LogP contribution in [0.4, 0.5) is 5.69 Å². The fourth-order valence-corrected chi connectivity index (χ4v) is 2.27. The van der Waals surface area contributed by atoms with Crippen LogP contribution >= 0.6 is 15.9 Å². The Bertz CT molecular complexity index is 816. The van der Waals surface area contributed by atoms with Crippen molar-refractivity contribution in [3.05, 3.63) is 53.0 Å². The lowest BCUT2D eigenvalue weighted by Gasteiger charge is -2.08. The fraction of sp³-hybridized carbons (Fsp3) is 0.0714. The molecule has 0 atom stereocenters. The molecule has 3 rings (SSSR count). The first-order chi connectivity index (χ1) is 10.2. The topological polar surface area (TPSA) is 68.5 Å². The van der Waals surface area contributed by atoms with Crippen LogP contribution in [0.5, 0.6) is 5.75 Å². The number of aromatic nitrogens is 3. The number of amides is 1. The van der Waals surface area contributed by atoms with Gasteiger partial charge in [-0.15, -0.1) is 0 Å². The smallest absolute Gasteiger partial charge is 0.259 e. The second kappa shape index (κ2) is 5.53. The zero-order valence-electron chi connectivity index (χ0n) is 11.1. The zero-order chi connectivity index (χ0) is 14.8. The monoisotopic (exact) mass is 346 g/mol. The molecule has 0 radical (unpaired) electrons. The minimum atomic E-state index is -0.257. The van der Waals surface area contributed by atoms with E-state index in [4.69, 9.17) is 4.74 Å². The Morgan fingerprint density at radius 3 is 3.05 bits per heavy atom. The van der Waals surface area contributed by atoms with E-state index in [9.17, 15) is 4.79 Å². The molecule has 0 bridgehead atoms. The van der Waals surface area contributed by atoms with Crippen molar-refractivity contribution in [2.75, 3.05) is 12.4 Å². The maximum Gasteiger partial charge on any atom is 0.259 e. The second-order valence-electron chi connectivity index (χ2n) is 4.26. The van der Waals surface area contributed by atoms with E-state index in [-0.39, 0.29) is 5.91 Å². The van der Waals surface area contributed by atoms with Crippen LogP contribution in [0.2, 0.25) is 0 Å². The van der Waals surface area contributed by atoms with Gasteiger partial charge in [0.1, 0.15) is 5.75 Å². The van der Waals surface area contributed by atoms with Crippen molar-refractivity contribution in [3.8, 4) is 5.75 Å². The van der Waals surface area contributed by atoms with E-state index >= 15 is 0 Å². The predicted molar refractivity (Wildman–Crippen MR) is 81.6 cm³/mol. The molecule has 0 fully saturated rings. The zero-order valence-corrected chi connectivity index (χ0v) is 12.7. The molecular weight excluding hydrogens is 336 g/mol. The van der Waals surface area contributed by atoms with E-state index in [1.165, 1.54) is 6.20 Å². The number of nitrogens with zero attached hydrogens (tertiary/aromatic N) is 3. The minimum Gasteiger partial charge on any atom is -0.497 e. The third kappa shape index (κ3) is 2.59. The van der Waals surface area contributed by atoms with Gasteiger partial charge in [-0.3, -0.25) is 9.78 Å². The molecule has 6 nitrogen and oxygen atoms in total. The van der Waals surface area contributed by atoms with Gasteiger partial charge in [0, 0.05) is 22.9 Å². The number of hydrogen-bond donors (Lipinski definition) is 1. The highest BCUT2D eigenvalue weighted by molar-refractivity contribution is 9.10. The molecule has 7 heteroatoms. The van der Waals surface area contributed by atoms with Crippen LogP contribution in [0.25, 0.3) is 5.52 Å². The molecule has 0 spiro atoms. The van der Waals surface area contributed by atoms with E-state index in [0.717, 1.165) is 4.47 Å². The molecule has 21 heavy (non-hydrogen) atoms. The largest absolute Gasteiger partial charge is 0.497 e. The summed E-state index contributed by atoms with van der Waals surface area (Å²) in [6.07, 6.45) is 6.41. The quantitative estimate of drug-likeness (QED) is 0.791. The third-order valence-corrected chi connectivity index (χ3v) is 3.68. The van der Waals surface area contributed by atoms with Gasteiger partial charge in [0.25, 0.3) is 5.91 Å². The van der Waals surface area contributed by atoms with E-state index in [2.05, 4.69) is 31.3 Å². The molecule has 2 heterocycles. The van der Waals surface area contributed by atoms with Gasteiger partial charge in [0.2, 0.25) is 0 Å². The maximum absolute atomic E-state index is 12.4. The van der Waals surface area contributed by atoms with Crippen molar-refractivity contribution in [3.63, 3.8) is 0 Å². The Labute approximate surface area is 128 Å². The Kier molecular flexibility index (Phi) is 3.57. The standard InChI is InChI=1S/C14H11BrN4O2/c1-21-9-2-3-11(15)12(6-9)18-14(20)10-7-17-19-5-4-16-8-13(10)19/h2-8H,1H3,(H,18,20). The molecule has 0 aliphatic rings. The van der Waals surface area contributed by atoms with Crippen LogP contribution in [0.15, 0.2) is 47.5 Å². The number of benzene rings is 1. The lowest BCUT2D eigenvalue weighted by molar-refractivity contribution is 0.102. The van der Waals surface area contributed by atoms with Crippen molar-refractivity contribution >= 4 is 33.0 Å². The lowest BCUT2D eigenvalue weighted by Crippen LogP contribution is -2.12. The van der Waals surface area contributed by atoms with Gasteiger partial charge in [0.15, 0.2) is 0 Å². The molecule has 3 aromatic rings. The van der Waals surface area contributed by atoms with E-state index in [1.807, 2.05) is 6.07 Å². The summed E-state index contributed by atoms with van der Waals surface area (Å²) in [6, 6.07) is 5.36. The Morgan fingerprint density at radius 1 is 1.38 bits per heavy atom. The summed E-state index contributed by atoms with van der Waals surface area (Å²) in [5.41, 5.74) is 1.73. The van der Waals surface area contributed by atoms with E-state index in [1.54, 1.807) is 42.3 Å². The SMILES string of the molecule is COc1ccc(Br)c(NC(=O)c2cnn3ccncc23)c1. The van der Waals surface area contributed by atoms with Crippen molar-refractivity contribution in [2.24, 2.45) is 0 Å². The first kappa shape index (κ1) is 13.6. The van der Waals surface area contributed by atoms with Crippen molar-refractivity contribution in [1.29, 1.82) is 0 Å². The highest BCUT2D eigenvalue weighted by Gasteiger charge is 2.14. The van der Waals surface area contributed by atoms with Gasteiger partial charge in [0.05, 0.1) is 36.3 Å². The molecule has 1 aromatic carbocycles. The molecule has 0 unspecified atom stereocenters. The van der Waals surface area contributed by atoms with Crippen molar-refractivity contribution < 1.29 is 9.53 Å². The number of anilines is 1. The van der Waals surface area contributed by atoms with Crippen LogP contribution in [0.1, 0.15) is 10.4 Å². The molecule has 0 aliphatic carbocycles. The number of halogens is 1. The van der Waals surface area contributed by atoms with Crippen molar-refractivity contribution in [2.45, 2.75) is 0 Å². The maximum atomic E-state index is 12.4. The van der Waals surface area contributed by atoms with Gasteiger partial charge in [-0.1, -0.05) is 0 Å². The van der Waals surface area contributed by atoms with Crippen LogP contribution in [0.3, 0.4) is 0 Å². The summed E-state index contributed by atoms with van der Waals surface area (Å²) in [5.74, 6) is 0.405. The van der Waals surface area contributed by atoms with Crippen LogP contribution in [-0.2, 0) is 0 Å². The van der Waals surface area contributed by atoms with Gasteiger partial charge < -0.3 is 10.1 Å². The van der Waals surface area contributed by atoms with Gasteiger partial charge >= 0.3 is 0 Å². The number of carbonyl (C=O) groups is 1. The van der Waals surface area contributed by atoms with Gasteiger partial charge in [-0.05, 0) is 28.1 Å². The Hall–Kier alpha value is -2.41. The van der Waals surface area contributed by atoms with Crippen LogP contribution in [-0.4, -0.2) is 27.6 Å². The highest BCUT2D eigenvalue weighted by Crippen LogP contribution is 2.27. The van der Waals surface area contributed by atoms with Crippen LogP contribution in [0, 0.1) is 0 Å². The Balaban J connectivity index is 1.93. The molecule has 0 saturated heterocycles. The normalized spacial score (nSPS) is 10.6. The molecule has 1 N–H and O–H groups in total. The summed E-state index contributed by atoms with van der Waals surface area (Å²) in [7, 11) is 1.58. The third-order valence-electron chi connectivity index (χ3n) is 2.99. The number of hydrogen-bond acceptors (Lipinski definition) is 4. The number of fused-ring (bicyclic) bond motifs is 1. The minimum absolute atomic E-state index is 0.257. The summed E-state index contributed by atoms with van der Waals surface area (Å²) in [5, 5.41) is 6.95. The van der Waals surface area contributed by atoms with E-state index in [0.29, 0.717) is 22.5 Å². The first-order valence-corrected chi connectivity index (χ1v) is 6.90. The van der Waals surface area contributed by atoms with Crippen LogP contribution < -0.4 is 10.1 Å². The number of methoxy groups -OCH3 is 1. The number of carbonyl (C=O) groups excluding carboxylic acids is 1. The number of nitrogens with one attached hydrogen (secondary N) is 1. The average molecular weight is 347 g/mol. The molecule has 2 aromatic heterocycles. The molecule has 1 amide bonds. The number of ether oxygens (including phenoxy) is 1. The first-order valence-electron chi connectivity index (χ1n) is 6.11. The second-order valence-corrected chi connectivity index (χ2v) is 5.12. The lowest BCUT2D eigenvalue weighted by atomic mass is 10.2. The molecular formula is C14H11BrN4O2. The summed E-state index contributed by atoms with van der Waals surface area (Å²) >= 11 is 3.40. The van der Waals surface area contributed by atoms with Crippen molar-refractivity contribution in [1.82, 2.24) is 14.6 Å².